The van der Waals surface area contributed by atoms with E-state index in [9.17, 15) is 9.59 Å². The molecule has 0 saturated carbocycles. The molecule has 2 fully saturated rings. The highest BCUT2D eigenvalue weighted by Gasteiger charge is 2.29. The highest BCUT2D eigenvalue weighted by Crippen LogP contribution is 2.25. The van der Waals surface area contributed by atoms with Crippen molar-refractivity contribution in [1.29, 1.82) is 5.26 Å². The number of nitriles is 1. The Bertz CT molecular complexity index is 984. The summed E-state index contributed by atoms with van der Waals surface area (Å²) in [5.74, 6) is 0.514. The van der Waals surface area contributed by atoms with Crippen LogP contribution >= 0.6 is 11.8 Å². The number of carbonyl (C=O) groups is 2. The summed E-state index contributed by atoms with van der Waals surface area (Å²) in [7, 11) is 0. The van der Waals surface area contributed by atoms with E-state index in [1.165, 1.54) is 4.90 Å². The second-order valence-corrected chi connectivity index (χ2v) is 8.20. The van der Waals surface area contributed by atoms with Crippen molar-refractivity contribution in [3.05, 3.63) is 36.0 Å². The quantitative estimate of drug-likeness (QED) is 0.795. The second-order valence-electron chi connectivity index (χ2n) is 7.20. The summed E-state index contributed by atoms with van der Waals surface area (Å²) in [4.78, 5) is 33.4. The van der Waals surface area contributed by atoms with Crippen LogP contribution in [-0.4, -0.2) is 72.2 Å². The first kappa shape index (κ1) is 20.4. The van der Waals surface area contributed by atoms with Crippen molar-refractivity contribution in [2.24, 2.45) is 0 Å². The van der Waals surface area contributed by atoms with Crippen molar-refractivity contribution >= 4 is 40.2 Å². The summed E-state index contributed by atoms with van der Waals surface area (Å²) in [6, 6.07) is 9.27. The van der Waals surface area contributed by atoms with Gasteiger partial charge in [0, 0.05) is 42.7 Å². The van der Waals surface area contributed by atoms with E-state index in [0.717, 1.165) is 42.7 Å². The van der Waals surface area contributed by atoms with Gasteiger partial charge in [-0.3, -0.25) is 14.6 Å². The zero-order chi connectivity index (χ0) is 20.9. The smallest absolute Gasteiger partial charge is 0.252 e. The van der Waals surface area contributed by atoms with Crippen molar-refractivity contribution in [2.75, 3.05) is 49.4 Å². The molecule has 2 saturated heterocycles. The Morgan fingerprint density at radius 1 is 1.30 bits per heavy atom. The summed E-state index contributed by atoms with van der Waals surface area (Å²) >= 11 is 1.54. The van der Waals surface area contributed by atoms with E-state index >= 15 is 0 Å². The van der Waals surface area contributed by atoms with Gasteiger partial charge in [-0.2, -0.15) is 5.26 Å². The van der Waals surface area contributed by atoms with Gasteiger partial charge >= 0.3 is 0 Å². The van der Waals surface area contributed by atoms with Crippen LogP contribution in [0.5, 0.6) is 0 Å². The maximum Gasteiger partial charge on any atom is 0.252 e. The molecule has 30 heavy (non-hydrogen) atoms. The first-order chi connectivity index (χ1) is 14.7. The van der Waals surface area contributed by atoms with Crippen LogP contribution in [-0.2, 0) is 9.53 Å². The van der Waals surface area contributed by atoms with Crippen LogP contribution in [0.3, 0.4) is 0 Å². The van der Waals surface area contributed by atoms with Gasteiger partial charge in [-0.25, -0.2) is 0 Å². The van der Waals surface area contributed by atoms with E-state index in [1.54, 1.807) is 24.0 Å². The third-order valence-corrected chi connectivity index (χ3v) is 6.32. The van der Waals surface area contributed by atoms with Gasteiger partial charge in [-0.15, -0.1) is 11.8 Å². The number of hydrogen-bond donors (Lipinski definition) is 1. The molecule has 8 nitrogen and oxygen atoms in total. The first-order valence-electron chi connectivity index (χ1n) is 9.94. The third kappa shape index (κ3) is 4.35. The SMILES string of the molecule is N#C[C@@H]1CSCN1C(=O)CNC(=O)c1ccnc2ccc(N3CCCOCC3)cc12. The normalized spacial score (nSPS) is 19.4. The van der Waals surface area contributed by atoms with Gasteiger partial charge in [0.15, 0.2) is 0 Å². The predicted molar refractivity (Wildman–Crippen MR) is 115 cm³/mol. The number of rotatable bonds is 4. The van der Waals surface area contributed by atoms with Crippen molar-refractivity contribution in [2.45, 2.75) is 12.5 Å². The molecule has 1 aromatic carbocycles. The van der Waals surface area contributed by atoms with Gasteiger partial charge < -0.3 is 19.9 Å². The third-order valence-electron chi connectivity index (χ3n) is 5.31. The van der Waals surface area contributed by atoms with Gasteiger partial charge in [-0.05, 0) is 30.7 Å². The molecule has 0 radical (unpaired) electrons. The Labute approximate surface area is 179 Å². The van der Waals surface area contributed by atoms with Crippen molar-refractivity contribution in [1.82, 2.24) is 15.2 Å². The molecule has 9 heteroatoms. The lowest BCUT2D eigenvalue weighted by Crippen LogP contribution is -2.42. The zero-order valence-electron chi connectivity index (χ0n) is 16.5. The number of nitrogens with zero attached hydrogens (tertiary/aromatic N) is 4. The standard InChI is InChI=1S/C21H23N5O3S/c22-11-16-13-30-14-26(16)20(27)12-24-21(28)17-4-5-23-19-3-2-15(10-18(17)19)25-6-1-8-29-9-7-25/h2-5,10,16H,1,6-9,12-14H2,(H,24,28)/t16-/m1/s1. The van der Waals surface area contributed by atoms with Gasteiger partial charge in [0.05, 0.1) is 36.2 Å². The Morgan fingerprint density at radius 2 is 2.20 bits per heavy atom. The highest BCUT2D eigenvalue weighted by molar-refractivity contribution is 7.99. The van der Waals surface area contributed by atoms with Crippen LogP contribution in [0.1, 0.15) is 16.8 Å². The molecule has 2 aliphatic rings. The van der Waals surface area contributed by atoms with Gasteiger partial charge in [0.25, 0.3) is 5.91 Å². The van der Waals surface area contributed by atoms with Crippen molar-refractivity contribution in [3.8, 4) is 6.07 Å². The summed E-state index contributed by atoms with van der Waals surface area (Å²) < 4.78 is 5.53. The molecule has 0 bridgehead atoms. The van der Waals surface area contributed by atoms with Crippen LogP contribution in [0.4, 0.5) is 5.69 Å². The summed E-state index contributed by atoms with van der Waals surface area (Å²) in [5.41, 5.74) is 2.23. The number of carbonyl (C=O) groups excluding carboxylic acids is 2. The first-order valence-corrected chi connectivity index (χ1v) is 11.1. The molecular formula is C21H23N5O3S. The number of pyridine rings is 1. The van der Waals surface area contributed by atoms with Crippen molar-refractivity contribution in [3.63, 3.8) is 0 Å². The number of aromatic nitrogens is 1. The lowest BCUT2D eigenvalue weighted by atomic mass is 10.1. The largest absolute Gasteiger partial charge is 0.380 e. The molecule has 2 aromatic rings. The maximum atomic E-state index is 12.9. The molecule has 156 valence electrons. The summed E-state index contributed by atoms with van der Waals surface area (Å²) in [6.45, 7) is 3.00. The van der Waals surface area contributed by atoms with Crippen LogP contribution in [0.25, 0.3) is 10.9 Å². The van der Waals surface area contributed by atoms with E-state index in [2.05, 4.69) is 21.3 Å². The molecular weight excluding hydrogens is 402 g/mol. The minimum Gasteiger partial charge on any atom is -0.380 e. The number of nitrogens with one attached hydrogen (secondary N) is 1. The average Bonchev–Trinajstić information content (AvgIpc) is 3.10. The molecule has 0 unspecified atom stereocenters. The molecule has 1 N–H and O–H groups in total. The Morgan fingerprint density at radius 3 is 3.07 bits per heavy atom. The van der Waals surface area contributed by atoms with Gasteiger partial charge in [0.2, 0.25) is 5.91 Å². The molecule has 4 rings (SSSR count). The monoisotopic (exact) mass is 425 g/mol. The second kappa shape index (κ2) is 9.32. The van der Waals surface area contributed by atoms with Gasteiger partial charge in [-0.1, -0.05) is 0 Å². The Hall–Kier alpha value is -2.83. The fraction of sp³-hybridized carbons (Fsp3) is 0.429. The lowest BCUT2D eigenvalue weighted by Gasteiger charge is -2.22. The molecule has 3 heterocycles. The number of fused-ring (bicyclic) bond motifs is 1. The summed E-state index contributed by atoms with van der Waals surface area (Å²) in [5, 5.41) is 12.6. The number of thioether (sulfide) groups is 1. The minimum absolute atomic E-state index is 0.134. The van der Waals surface area contributed by atoms with E-state index in [-0.39, 0.29) is 18.4 Å². The van der Waals surface area contributed by atoms with Gasteiger partial charge in [0.1, 0.15) is 6.04 Å². The highest BCUT2D eigenvalue weighted by atomic mass is 32.2. The van der Waals surface area contributed by atoms with Crippen LogP contribution < -0.4 is 10.2 Å². The van der Waals surface area contributed by atoms with Crippen LogP contribution in [0.2, 0.25) is 0 Å². The van der Waals surface area contributed by atoms with Crippen LogP contribution in [0.15, 0.2) is 30.5 Å². The Kier molecular flexibility index (Phi) is 6.35. The Balaban J connectivity index is 1.51. The van der Waals surface area contributed by atoms with E-state index in [4.69, 9.17) is 10.00 Å². The number of ether oxygens (including phenoxy) is 1. The molecule has 1 atom stereocenters. The average molecular weight is 426 g/mol. The number of benzene rings is 1. The molecule has 1 aromatic heterocycles. The summed E-state index contributed by atoms with van der Waals surface area (Å²) in [6.07, 6.45) is 2.56. The maximum absolute atomic E-state index is 12.9. The van der Waals surface area contributed by atoms with Crippen molar-refractivity contribution < 1.29 is 14.3 Å². The van der Waals surface area contributed by atoms with E-state index < -0.39 is 6.04 Å². The predicted octanol–water partition coefficient (Wildman–Crippen LogP) is 1.62. The minimum atomic E-state index is -0.429. The molecule has 2 aliphatic heterocycles. The number of amides is 2. The van der Waals surface area contributed by atoms with E-state index in [1.807, 2.05) is 18.2 Å². The topological polar surface area (TPSA) is 98.6 Å². The molecule has 0 spiro atoms. The molecule has 2 amide bonds. The fourth-order valence-corrected chi connectivity index (χ4v) is 4.79. The number of hydrogen-bond acceptors (Lipinski definition) is 7. The van der Waals surface area contributed by atoms with Crippen LogP contribution in [0, 0.1) is 11.3 Å². The van der Waals surface area contributed by atoms with E-state index in [0.29, 0.717) is 23.8 Å². The molecule has 0 aliphatic carbocycles. The number of anilines is 1. The zero-order valence-corrected chi connectivity index (χ0v) is 17.4. The fourth-order valence-electron chi connectivity index (χ4n) is 3.68. The lowest BCUT2D eigenvalue weighted by molar-refractivity contribution is -0.129.